The Balaban J connectivity index is 2.03. The highest BCUT2D eigenvalue weighted by molar-refractivity contribution is 5.91. The molecule has 1 aromatic heterocycles. The lowest BCUT2D eigenvalue weighted by molar-refractivity contribution is -0.127. The Kier molecular flexibility index (Phi) is 3.45. The molecule has 2 rings (SSSR count). The van der Waals surface area contributed by atoms with E-state index in [9.17, 15) is 9.59 Å². The monoisotopic (exact) mass is 250 g/mol. The Bertz CT molecular complexity index is 471. The van der Waals surface area contributed by atoms with E-state index >= 15 is 0 Å². The molecule has 1 unspecified atom stereocenters. The van der Waals surface area contributed by atoms with Gasteiger partial charge in [0.15, 0.2) is 11.9 Å². The number of aromatic carboxylic acids is 1. The zero-order valence-corrected chi connectivity index (χ0v) is 9.92. The fraction of sp³-hybridized carbons (Fsp3) is 0.417. The summed E-state index contributed by atoms with van der Waals surface area (Å²) in [6.07, 6.45) is 3.90. The van der Waals surface area contributed by atoms with Gasteiger partial charge in [-0.3, -0.25) is 9.78 Å². The minimum atomic E-state index is -1.11. The van der Waals surface area contributed by atoms with Crippen molar-refractivity contribution < 1.29 is 19.4 Å². The van der Waals surface area contributed by atoms with Crippen LogP contribution < -0.4 is 10.1 Å². The molecule has 1 heterocycles. The minimum Gasteiger partial charge on any atom is -0.478 e. The van der Waals surface area contributed by atoms with Gasteiger partial charge in [0.05, 0.1) is 6.20 Å². The van der Waals surface area contributed by atoms with Gasteiger partial charge in [-0.1, -0.05) is 0 Å². The fourth-order valence-corrected chi connectivity index (χ4v) is 1.44. The second kappa shape index (κ2) is 5.03. The van der Waals surface area contributed by atoms with Crippen LogP contribution in [0.2, 0.25) is 0 Å². The van der Waals surface area contributed by atoms with Gasteiger partial charge < -0.3 is 15.2 Å². The molecule has 0 radical (unpaired) electrons. The van der Waals surface area contributed by atoms with Crippen molar-refractivity contribution in [3.63, 3.8) is 0 Å². The highest BCUT2D eigenvalue weighted by Crippen LogP contribution is 2.20. The second-order valence-corrected chi connectivity index (χ2v) is 4.22. The number of nitrogens with one attached hydrogen (secondary N) is 1. The van der Waals surface area contributed by atoms with Gasteiger partial charge in [-0.2, -0.15) is 0 Å². The van der Waals surface area contributed by atoms with Crippen molar-refractivity contribution in [2.75, 3.05) is 0 Å². The van der Waals surface area contributed by atoms with E-state index in [2.05, 4.69) is 10.3 Å². The molecule has 1 amide bonds. The minimum absolute atomic E-state index is 0.00364. The summed E-state index contributed by atoms with van der Waals surface area (Å²) in [5.41, 5.74) is -0.00364. The van der Waals surface area contributed by atoms with Gasteiger partial charge >= 0.3 is 5.97 Å². The molecule has 1 fully saturated rings. The third-order valence-corrected chi connectivity index (χ3v) is 2.61. The van der Waals surface area contributed by atoms with Crippen LogP contribution in [0.1, 0.15) is 30.1 Å². The summed E-state index contributed by atoms with van der Waals surface area (Å²) < 4.78 is 5.34. The van der Waals surface area contributed by atoms with E-state index in [1.165, 1.54) is 18.5 Å². The summed E-state index contributed by atoms with van der Waals surface area (Å²) >= 11 is 0. The summed E-state index contributed by atoms with van der Waals surface area (Å²) in [5.74, 6) is -1.25. The average Bonchev–Trinajstić information content (AvgIpc) is 3.13. The van der Waals surface area contributed by atoms with Gasteiger partial charge in [-0.15, -0.1) is 0 Å². The van der Waals surface area contributed by atoms with Crippen molar-refractivity contribution in [1.29, 1.82) is 0 Å². The maximum atomic E-state index is 11.7. The molecule has 1 aromatic rings. The number of hydrogen-bond acceptors (Lipinski definition) is 4. The van der Waals surface area contributed by atoms with Crippen LogP contribution in [0.15, 0.2) is 18.5 Å². The first-order chi connectivity index (χ1) is 8.58. The smallest absolute Gasteiger partial charge is 0.339 e. The normalized spacial score (nSPS) is 15.8. The zero-order valence-electron chi connectivity index (χ0n) is 9.92. The lowest BCUT2D eigenvalue weighted by Crippen LogP contribution is -2.37. The number of pyridine rings is 1. The molecule has 96 valence electrons. The van der Waals surface area contributed by atoms with Crippen LogP contribution in [0.3, 0.4) is 0 Å². The summed E-state index contributed by atoms with van der Waals surface area (Å²) in [6, 6.07) is 1.58. The lowest BCUT2D eigenvalue weighted by Gasteiger charge is -2.15. The standard InChI is InChI=1S/C12H14N2O4/c1-7(11(15)14-8-2-3-8)18-10-6-13-5-4-9(10)12(16)17/h4-8H,2-3H2,1H3,(H,14,15)(H,16,17). The summed E-state index contributed by atoms with van der Waals surface area (Å²) in [7, 11) is 0. The van der Waals surface area contributed by atoms with E-state index in [0.29, 0.717) is 0 Å². The third kappa shape index (κ3) is 2.97. The zero-order chi connectivity index (χ0) is 13.1. The van der Waals surface area contributed by atoms with Gasteiger partial charge in [0.1, 0.15) is 5.56 Å². The largest absolute Gasteiger partial charge is 0.478 e. The molecule has 1 aliphatic rings. The molecule has 0 aliphatic heterocycles. The number of nitrogens with zero attached hydrogens (tertiary/aromatic N) is 1. The molecule has 6 heteroatoms. The number of carboxylic acid groups (broad SMARTS) is 1. The van der Waals surface area contributed by atoms with Crippen LogP contribution in [-0.2, 0) is 4.79 Å². The van der Waals surface area contributed by atoms with E-state index in [-0.39, 0.29) is 23.3 Å². The number of hydrogen-bond donors (Lipinski definition) is 2. The highest BCUT2D eigenvalue weighted by Gasteiger charge is 2.27. The Morgan fingerprint density at radius 2 is 2.28 bits per heavy atom. The topological polar surface area (TPSA) is 88.5 Å². The molecule has 18 heavy (non-hydrogen) atoms. The quantitative estimate of drug-likeness (QED) is 0.807. The molecule has 0 aromatic carbocycles. The molecule has 0 bridgehead atoms. The molecule has 1 aliphatic carbocycles. The Morgan fingerprint density at radius 3 is 2.89 bits per heavy atom. The van der Waals surface area contributed by atoms with Gasteiger partial charge in [0.2, 0.25) is 0 Å². The number of amides is 1. The SMILES string of the molecule is CC(Oc1cnccc1C(=O)O)C(=O)NC1CC1. The van der Waals surface area contributed by atoms with Gasteiger partial charge in [0.25, 0.3) is 5.91 Å². The number of rotatable bonds is 5. The Hall–Kier alpha value is -2.11. The van der Waals surface area contributed by atoms with Crippen LogP contribution in [0.4, 0.5) is 0 Å². The van der Waals surface area contributed by atoms with Crippen LogP contribution in [0.25, 0.3) is 0 Å². The Labute approximate surface area is 104 Å². The summed E-state index contributed by atoms with van der Waals surface area (Å²) in [6.45, 7) is 1.58. The van der Waals surface area contributed by atoms with Crippen LogP contribution in [-0.4, -0.2) is 34.1 Å². The van der Waals surface area contributed by atoms with E-state index in [1.54, 1.807) is 6.92 Å². The summed E-state index contributed by atoms with van der Waals surface area (Å²) in [4.78, 5) is 26.4. The number of carboxylic acids is 1. The maximum Gasteiger partial charge on any atom is 0.339 e. The average molecular weight is 250 g/mol. The van der Waals surface area contributed by atoms with Gasteiger partial charge in [-0.05, 0) is 25.8 Å². The molecule has 0 saturated heterocycles. The highest BCUT2D eigenvalue weighted by atomic mass is 16.5. The van der Waals surface area contributed by atoms with Crippen molar-refractivity contribution in [3.05, 3.63) is 24.0 Å². The van der Waals surface area contributed by atoms with E-state index in [4.69, 9.17) is 9.84 Å². The molecule has 2 N–H and O–H groups in total. The van der Waals surface area contributed by atoms with E-state index < -0.39 is 12.1 Å². The number of ether oxygens (including phenoxy) is 1. The predicted octanol–water partition coefficient (Wildman–Crippen LogP) is 0.826. The van der Waals surface area contributed by atoms with Crippen LogP contribution in [0, 0.1) is 0 Å². The van der Waals surface area contributed by atoms with Crippen molar-refractivity contribution in [2.45, 2.75) is 31.9 Å². The first-order valence-corrected chi connectivity index (χ1v) is 5.72. The molecule has 1 saturated carbocycles. The predicted molar refractivity (Wildman–Crippen MR) is 62.5 cm³/mol. The summed E-state index contributed by atoms with van der Waals surface area (Å²) in [5, 5.41) is 11.8. The van der Waals surface area contributed by atoms with E-state index in [0.717, 1.165) is 12.8 Å². The maximum absolute atomic E-state index is 11.7. The van der Waals surface area contributed by atoms with Gasteiger partial charge in [-0.25, -0.2) is 4.79 Å². The lowest BCUT2D eigenvalue weighted by atomic mass is 10.2. The molecular weight excluding hydrogens is 236 g/mol. The number of aromatic nitrogens is 1. The van der Waals surface area contributed by atoms with Crippen molar-refractivity contribution in [1.82, 2.24) is 10.3 Å². The van der Waals surface area contributed by atoms with Crippen LogP contribution in [0.5, 0.6) is 5.75 Å². The van der Waals surface area contributed by atoms with Crippen molar-refractivity contribution in [2.24, 2.45) is 0 Å². The first kappa shape index (κ1) is 12.3. The molecule has 0 spiro atoms. The molecule has 1 atom stereocenters. The van der Waals surface area contributed by atoms with Gasteiger partial charge in [0, 0.05) is 12.2 Å². The Morgan fingerprint density at radius 1 is 1.56 bits per heavy atom. The third-order valence-electron chi connectivity index (χ3n) is 2.61. The fourth-order valence-electron chi connectivity index (χ4n) is 1.44. The first-order valence-electron chi connectivity index (χ1n) is 5.72. The van der Waals surface area contributed by atoms with E-state index in [1.807, 2.05) is 0 Å². The second-order valence-electron chi connectivity index (χ2n) is 4.22. The molecule has 6 nitrogen and oxygen atoms in total. The van der Waals surface area contributed by atoms with Crippen molar-refractivity contribution in [3.8, 4) is 5.75 Å². The number of carbonyl (C=O) groups is 2. The number of carbonyl (C=O) groups excluding carboxylic acids is 1. The molecular formula is C12H14N2O4. The van der Waals surface area contributed by atoms with Crippen LogP contribution >= 0.6 is 0 Å². The van der Waals surface area contributed by atoms with Crippen molar-refractivity contribution >= 4 is 11.9 Å².